The number of nitrogens with one attached hydrogen (secondary N) is 2. The number of hydrogen-bond donors (Lipinski definition) is 2. The molecule has 0 aliphatic carbocycles. The number of hydrogen-bond acceptors (Lipinski definition) is 4. The van der Waals surface area contributed by atoms with E-state index in [-0.39, 0.29) is 6.54 Å². The van der Waals surface area contributed by atoms with Gasteiger partial charge in [-0.15, -0.1) is 11.3 Å². The van der Waals surface area contributed by atoms with Gasteiger partial charge in [-0.1, -0.05) is 29.8 Å². The molecule has 0 saturated carbocycles. The molecule has 2 aromatic heterocycles. The fourth-order valence-corrected chi connectivity index (χ4v) is 5.94. The third kappa shape index (κ3) is 3.44. The van der Waals surface area contributed by atoms with Gasteiger partial charge in [0.1, 0.15) is 4.90 Å². The van der Waals surface area contributed by atoms with Crippen LogP contribution in [0.25, 0.3) is 11.3 Å². The number of aromatic amines is 1. The minimum Gasteiger partial charge on any atom is -0.282 e. The Morgan fingerprint density at radius 3 is 2.46 bits per heavy atom. The summed E-state index contributed by atoms with van der Waals surface area (Å²) >= 11 is 7.60. The van der Waals surface area contributed by atoms with Gasteiger partial charge in [-0.25, -0.2) is 13.1 Å². The molecule has 5 nitrogen and oxygen atoms in total. The van der Waals surface area contributed by atoms with E-state index < -0.39 is 10.0 Å². The van der Waals surface area contributed by atoms with Crippen LogP contribution in [0, 0.1) is 27.7 Å². The van der Waals surface area contributed by atoms with Crippen molar-refractivity contribution >= 4 is 33.0 Å². The number of halogens is 1. The second-order valence-corrected chi connectivity index (χ2v) is 9.70. The van der Waals surface area contributed by atoms with Gasteiger partial charge in [-0.05, 0) is 44.9 Å². The standard InChI is InChI=1S/C18H20ClN3O2S2/c1-10-11(2)21-22-17(10)16-12(3)25-13(4)18(16)26(23,24)20-9-14-7-5-6-8-15(14)19/h5-8,20H,9H2,1-4H3,(H,21,22). The molecule has 0 spiro atoms. The quantitative estimate of drug-likeness (QED) is 0.651. The number of sulfonamides is 1. The first-order valence-corrected chi connectivity index (χ1v) is 10.7. The molecule has 0 unspecified atom stereocenters. The van der Waals surface area contributed by atoms with Crippen LogP contribution in [-0.4, -0.2) is 18.6 Å². The minimum atomic E-state index is -3.72. The zero-order valence-electron chi connectivity index (χ0n) is 15.0. The predicted molar refractivity (Wildman–Crippen MR) is 106 cm³/mol. The first-order chi connectivity index (χ1) is 12.2. The fourth-order valence-electron chi connectivity index (χ4n) is 2.88. The van der Waals surface area contributed by atoms with E-state index in [1.807, 2.05) is 39.8 Å². The summed E-state index contributed by atoms with van der Waals surface area (Å²) < 4.78 is 28.8. The van der Waals surface area contributed by atoms with E-state index >= 15 is 0 Å². The van der Waals surface area contributed by atoms with Crippen molar-refractivity contribution in [3.63, 3.8) is 0 Å². The van der Waals surface area contributed by atoms with E-state index in [0.717, 1.165) is 26.6 Å². The zero-order chi connectivity index (χ0) is 19.1. The van der Waals surface area contributed by atoms with Gasteiger partial charge in [-0.2, -0.15) is 5.10 Å². The predicted octanol–water partition coefficient (Wildman–Crippen LogP) is 4.50. The Hall–Kier alpha value is -1.67. The van der Waals surface area contributed by atoms with Crippen molar-refractivity contribution in [2.45, 2.75) is 39.1 Å². The summed E-state index contributed by atoms with van der Waals surface area (Å²) in [5, 5.41) is 7.81. The maximum absolute atomic E-state index is 13.1. The molecule has 0 fully saturated rings. The van der Waals surface area contributed by atoms with E-state index in [1.54, 1.807) is 12.1 Å². The average molecular weight is 410 g/mol. The highest BCUT2D eigenvalue weighted by Crippen LogP contribution is 2.39. The SMILES string of the molecule is Cc1[nH]nc(-c2c(C)sc(C)c2S(=O)(=O)NCc2ccccc2Cl)c1C. The molecule has 3 aromatic rings. The number of thiophene rings is 1. The van der Waals surface area contributed by atoms with E-state index in [2.05, 4.69) is 14.9 Å². The van der Waals surface area contributed by atoms with E-state index in [9.17, 15) is 8.42 Å². The lowest BCUT2D eigenvalue weighted by Gasteiger charge is -2.10. The molecule has 8 heteroatoms. The van der Waals surface area contributed by atoms with Gasteiger partial charge in [0.15, 0.2) is 0 Å². The number of aromatic nitrogens is 2. The van der Waals surface area contributed by atoms with Crippen LogP contribution in [0.2, 0.25) is 5.02 Å². The second-order valence-electron chi connectivity index (χ2n) is 6.16. The third-order valence-electron chi connectivity index (χ3n) is 4.37. The molecule has 0 bridgehead atoms. The Labute approximate surface area is 162 Å². The Bertz CT molecular complexity index is 1070. The number of rotatable bonds is 5. The van der Waals surface area contributed by atoms with Gasteiger partial charge in [0.2, 0.25) is 10.0 Å². The van der Waals surface area contributed by atoms with E-state index in [0.29, 0.717) is 21.2 Å². The smallest absolute Gasteiger partial charge is 0.242 e. The molecule has 2 N–H and O–H groups in total. The summed E-state index contributed by atoms with van der Waals surface area (Å²) in [6.07, 6.45) is 0. The van der Waals surface area contributed by atoms with Crippen molar-refractivity contribution in [3.8, 4) is 11.3 Å². The molecule has 0 saturated heterocycles. The molecule has 0 aliphatic heterocycles. The third-order valence-corrected chi connectivity index (χ3v) is 7.46. The van der Waals surface area contributed by atoms with Gasteiger partial charge in [0.05, 0.1) is 5.69 Å². The van der Waals surface area contributed by atoms with Gasteiger partial charge < -0.3 is 0 Å². The van der Waals surface area contributed by atoms with Crippen LogP contribution in [-0.2, 0) is 16.6 Å². The maximum Gasteiger partial charge on any atom is 0.242 e. The van der Waals surface area contributed by atoms with E-state index in [1.165, 1.54) is 11.3 Å². The van der Waals surface area contributed by atoms with Crippen molar-refractivity contribution in [3.05, 3.63) is 55.9 Å². The maximum atomic E-state index is 13.1. The lowest BCUT2D eigenvalue weighted by atomic mass is 10.1. The highest BCUT2D eigenvalue weighted by atomic mass is 35.5. The minimum absolute atomic E-state index is 0.133. The molecule has 0 aliphatic rings. The Kier molecular flexibility index (Phi) is 5.25. The molecule has 0 radical (unpaired) electrons. The van der Waals surface area contributed by atoms with E-state index in [4.69, 9.17) is 11.6 Å². The lowest BCUT2D eigenvalue weighted by molar-refractivity contribution is 0.581. The van der Waals surface area contributed by atoms with Crippen molar-refractivity contribution in [1.29, 1.82) is 0 Å². The highest BCUT2D eigenvalue weighted by molar-refractivity contribution is 7.89. The summed E-state index contributed by atoms with van der Waals surface area (Å²) in [6, 6.07) is 7.19. The Morgan fingerprint density at radius 1 is 1.15 bits per heavy atom. The number of benzene rings is 1. The molecular weight excluding hydrogens is 390 g/mol. The second kappa shape index (κ2) is 7.15. The van der Waals surface area contributed by atoms with Crippen LogP contribution in [0.3, 0.4) is 0 Å². The lowest BCUT2D eigenvalue weighted by Crippen LogP contribution is -2.24. The topological polar surface area (TPSA) is 74.8 Å². The molecule has 1 aromatic carbocycles. The van der Waals surface area contributed by atoms with Gasteiger partial charge >= 0.3 is 0 Å². The summed E-state index contributed by atoms with van der Waals surface area (Å²) in [7, 11) is -3.72. The van der Waals surface area contributed by atoms with Crippen LogP contribution in [0.1, 0.15) is 26.6 Å². The molecule has 26 heavy (non-hydrogen) atoms. The van der Waals surface area contributed by atoms with Crippen LogP contribution in [0.15, 0.2) is 29.2 Å². The van der Waals surface area contributed by atoms with Crippen molar-refractivity contribution in [1.82, 2.24) is 14.9 Å². The van der Waals surface area contributed by atoms with Gasteiger partial charge in [0.25, 0.3) is 0 Å². The monoisotopic (exact) mass is 409 g/mol. The summed E-state index contributed by atoms with van der Waals surface area (Å²) in [4.78, 5) is 1.96. The van der Waals surface area contributed by atoms with Crippen LogP contribution in [0.4, 0.5) is 0 Å². The largest absolute Gasteiger partial charge is 0.282 e. The number of nitrogens with zero attached hydrogens (tertiary/aromatic N) is 1. The average Bonchev–Trinajstić information content (AvgIpc) is 3.06. The molecule has 0 amide bonds. The summed E-state index contributed by atoms with van der Waals surface area (Å²) in [5.74, 6) is 0. The molecular formula is C18H20ClN3O2S2. The molecule has 2 heterocycles. The summed E-state index contributed by atoms with van der Waals surface area (Å²) in [6.45, 7) is 7.73. The number of H-pyrrole nitrogens is 1. The first kappa shape index (κ1) is 19.1. The number of aryl methyl sites for hydroxylation is 3. The highest BCUT2D eigenvalue weighted by Gasteiger charge is 2.28. The van der Waals surface area contributed by atoms with Crippen molar-refractivity contribution in [2.75, 3.05) is 0 Å². The van der Waals surface area contributed by atoms with Crippen LogP contribution in [0.5, 0.6) is 0 Å². The fraction of sp³-hybridized carbons (Fsp3) is 0.278. The Morgan fingerprint density at radius 2 is 1.85 bits per heavy atom. The Balaban J connectivity index is 2.03. The summed E-state index contributed by atoms with van der Waals surface area (Å²) in [5.41, 5.74) is 3.96. The zero-order valence-corrected chi connectivity index (χ0v) is 17.4. The van der Waals surface area contributed by atoms with Crippen molar-refractivity contribution < 1.29 is 8.42 Å². The van der Waals surface area contributed by atoms with Crippen molar-refractivity contribution in [2.24, 2.45) is 0 Å². The molecule has 3 rings (SSSR count). The van der Waals surface area contributed by atoms with Gasteiger partial charge in [-0.3, -0.25) is 5.10 Å². The van der Waals surface area contributed by atoms with Crippen LogP contribution < -0.4 is 4.72 Å². The van der Waals surface area contributed by atoms with Gasteiger partial charge in [0, 0.05) is 32.6 Å². The molecule has 0 atom stereocenters. The molecule has 138 valence electrons. The first-order valence-electron chi connectivity index (χ1n) is 8.07. The van der Waals surface area contributed by atoms with Crippen LogP contribution >= 0.6 is 22.9 Å². The normalized spacial score (nSPS) is 11.9.